The molecular formula is C65H62N4O. The molecule has 0 spiro atoms. The molecule has 3 aromatic heterocycles. The van der Waals surface area contributed by atoms with E-state index >= 15 is 0 Å². The smallest absolute Gasteiger partial charge is 0.128 e. The van der Waals surface area contributed by atoms with Crippen molar-refractivity contribution in [3.8, 4) is 28.4 Å². The summed E-state index contributed by atoms with van der Waals surface area (Å²) in [5, 5.41) is 2.46. The van der Waals surface area contributed by atoms with Crippen LogP contribution in [-0.2, 0) is 16.2 Å². The second kappa shape index (κ2) is 18.3. The third-order valence-corrected chi connectivity index (χ3v) is 13.6. The maximum atomic E-state index is 6.83. The lowest BCUT2D eigenvalue weighted by atomic mass is 9.80. The van der Waals surface area contributed by atoms with Crippen LogP contribution >= 0.6 is 0 Å². The van der Waals surface area contributed by atoms with E-state index in [2.05, 4.69) is 242 Å². The number of rotatable bonds is 10. The van der Waals surface area contributed by atoms with Gasteiger partial charge in [-0.15, -0.1) is 0 Å². The normalized spacial score (nSPS) is 12.6. The van der Waals surface area contributed by atoms with Gasteiger partial charge >= 0.3 is 0 Å². The SMILES string of the molecule is CC(C)(C)c1ccc(N(c2ccc(C(C)(C)C)cc2)c2ccc(C(C)(C)C)cc2[C@H](c2cccc(Oc3cccc(-c4cc(-n5c6ccccc6c6ccccc65)ccn4)c3)c2)c2ccccn2)cc1. The molecule has 0 aliphatic carbocycles. The molecule has 0 radical (unpaired) electrons. The summed E-state index contributed by atoms with van der Waals surface area (Å²) in [6, 6.07) is 69.7. The van der Waals surface area contributed by atoms with Gasteiger partial charge in [0.15, 0.2) is 0 Å². The van der Waals surface area contributed by atoms with E-state index in [1.165, 1.54) is 27.5 Å². The van der Waals surface area contributed by atoms with E-state index in [9.17, 15) is 0 Å². The second-order valence-electron chi connectivity index (χ2n) is 21.6. The lowest BCUT2D eigenvalue weighted by molar-refractivity contribution is 0.482. The fraction of sp³-hybridized carbons (Fsp3) is 0.200. The first-order valence-corrected chi connectivity index (χ1v) is 24.5. The summed E-state index contributed by atoms with van der Waals surface area (Å²) in [5.74, 6) is 1.22. The van der Waals surface area contributed by atoms with Crippen LogP contribution in [-0.4, -0.2) is 14.5 Å². The fourth-order valence-corrected chi connectivity index (χ4v) is 9.69. The Hall–Kier alpha value is -7.76. The van der Waals surface area contributed by atoms with E-state index < -0.39 is 0 Å². The van der Waals surface area contributed by atoms with Gasteiger partial charge in [0.25, 0.3) is 0 Å². The Labute approximate surface area is 414 Å². The van der Waals surface area contributed by atoms with Crippen LogP contribution in [0.1, 0.15) is 102 Å². The molecule has 0 fully saturated rings. The van der Waals surface area contributed by atoms with E-state index in [1.807, 2.05) is 36.7 Å². The van der Waals surface area contributed by atoms with Gasteiger partial charge in [-0.05, 0) is 135 Å². The second-order valence-corrected chi connectivity index (χ2v) is 21.6. The van der Waals surface area contributed by atoms with Gasteiger partial charge in [-0.3, -0.25) is 9.97 Å². The maximum Gasteiger partial charge on any atom is 0.128 e. The summed E-state index contributed by atoms with van der Waals surface area (Å²) >= 11 is 0. The van der Waals surface area contributed by atoms with Gasteiger partial charge in [-0.25, -0.2) is 0 Å². The first kappa shape index (κ1) is 46.0. The highest BCUT2D eigenvalue weighted by atomic mass is 16.5. The van der Waals surface area contributed by atoms with E-state index in [0.717, 1.165) is 73.4 Å². The van der Waals surface area contributed by atoms with Crippen LogP contribution in [0.15, 0.2) is 207 Å². The van der Waals surface area contributed by atoms with Gasteiger partial charge in [0, 0.05) is 45.8 Å². The molecule has 10 rings (SSSR count). The minimum atomic E-state index is -0.244. The minimum Gasteiger partial charge on any atom is -0.457 e. The Bertz CT molecular complexity index is 3350. The number of aromatic nitrogens is 3. The molecule has 5 nitrogen and oxygen atoms in total. The first-order valence-electron chi connectivity index (χ1n) is 24.5. The fourth-order valence-electron chi connectivity index (χ4n) is 9.69. The highest BCUT2D eigenvalue weighted by Gasteiger charge is 2.29. The van der Waals surface area contributed by atoms with E-state index in [1.54, 1.807) is 0 Å². The molecular weight excluding hydrogens is 853 g/mol. The summed E-state index contributed by atoms with van der Waals surface area (Å²) in [5.41, 5.74) is 15.4. The molecule has 1 atom stereocenters. The van der Waals surface area contributed by atoms with Crippen LogP contribution in [0.4, 0.5) is 17.1 Å². The average molecular weight is 915 g/mol. The Morgan fingerprint density at radius 3 is 1.60 bits per heavy atom. The monoisotopic (exact) mass is 914 g/mol. The topological polar surface area (TPSA) is 43.2 Å². The predicted molar refractivity (Wildman–Crippen MR) is 293 cm³/mol. The van der Waals surface area contributed by atoms with Crippen LogP contribution < -0.4 is 9.64 Å². The zero-order valence-corrected chi connectivity index (χ0v) is 41.9. The van der Waals surface area contributed by atoms with Crippen LogP contribution in [0.3, 0.4) is 0 Å². The minimum absolute atomic E-state index is 0.0199. The van der Waals surface area contributed by atoms with Crippen LogP contribution in [0.25, 0.3) is 38.8 Å². The van der Waals surface area contributed by atoms with Gasteiger partial charge in [0.2, 0.25) is 0 Å². The Balaban J connectivity index is 1.06. The zero-order valence-electron chi connectivity index (χ0n) is 41.9. The zero-order chi connectivity index (χ0) is 48.8. The van der Waals surface area contributed by atoms with Crippen molar-refractivity contribution in [1.82, 2.24) is 14.5 Å². The standard InChI is InChI=1S/C65H62N4O/c1-63(2,3)46-27-32-49(33-28-46)68(50-34-29-47(30-35-50)64(4,5)6)61-36-31-48(65(7,8)9)42-56(61)62(57-24-14-15-38-66-57)45-19-17-21-53(41-45)70-52-20-16-18-44(40-52)58-43-51(37-39-67-58)69-59-25-12-10-22-54(59)55-23-11-13-26-60(55)69/h10-43,62H,1-9H3/t62-/m0/s1. The van der Waals surface area contributed by atoms with E-state index in [-0.39, 0.29) is 22.2 Å². The van der Waals surface area contributed by atoms with Gasteiger partial charge in [0.05, 0.1) is 34.0 Å². The molecule has 0 aliphatic heterocycles. The van der Waals surface area contributed by atoms with Crippen LogP contribution in [0.2, 0.25) is 0 Å². The summed E-state index contributed by atoms with van der Waals surface area (Å²) in [6.45, 7) is 20.5. The molecule has 0 N–H and O–H groups in total. The summed E-state index contributed by atoms with van der Waals surface area (Å²) < 4.78 is 9.15. The van der Waals surface area contributed by atoms with Crippen molar-refractivity contribution in [2.75, 3.05) is 4.90 Å². The number of para-hydroxylation sites is 2. The molecule has 0 aliphatic rings. The molecule has 0 unspecified atom stereocenters. The molecule has 5 heteroatoms. The number of hydrogen-bond acceptors (Lipinski definition) is 4. The summed E-state index contributed by atoms with van der Waals surface area (Å²) in [6.07, 6.45) is 3.80. The Kier molecular flexibility index (Phi) is 12.0. The number of nitrogens with zero attached hydrogens (tertiary/aromatic N) is 4. The molecule has 0 saturated heterocycles. The molecule has 0 bridgehead atoms. The van der Waals surface area contributed by atoms with Gasteiger partial charge in [0.1, 0.15) is 11.5 Å². The third kappa shape index (κ3) is 9.24. The molecule has 7 aromatic carbocycles. The molecule has 3 heterocycles. The average Bonchev–Trinajstić information content (AvgIpc) is 3.69. The quantitative estimate of drug-likeness (QED) is 0.137. The number of anilines is 3. The van der Waals surface area contributed by atoms with Crippen LogP contribution in [0.5, 0.6) is 11.5 Å². The van der Waals surface area contributed by atoms with Crippen molar-refractivity contribution < 1.29 is 4.74 Å². The van der Waals surface area contributed by atoms with Crippen molar-refractivity contribution >= 4 is 38.9 Å². The largest absolute Gasteiger partial charge is 0.457 e. The maximum absolute atomic E-state index is 6.83. The van der Waals surface area contributed by atoms with E-state index in [4.69, 9.17) is 14.7 Å². The van der Waals surface area contributed by atoms with E-state index in [0.29, 0.717) is 0 Å². The number of fused-ring (bicyclic) bond motifs is 3. The lowest BCUT2D eigenvalue weighted by Gasteiger charge is -2.33. The Morgan fingerprint density at radius 2 is 1.01 bits per heavy atom. The van der Waals surface area contributed by atoms with Gasteiger partial charge < -0.3 is 14.2 Å². The highest BCUT2D eigenvalue weighted by molar-refractivity contribution is 6.09. The number of ether oxygens (including phenoxy) is 1. The number of hydrogen-bond donors (Lipinski definition) is 0. The van der Waals surface area contributed by atoms with Crippen LogP contribution in [0, 0.1) is 0 Å². The number of benzene rings is 7. The number of pyridine rings is 2. The third-order valence-electron chi connectivity index (χ3n) is 13.6. The summed E-state index contributed by atoms with van der Waals surface area (Å²) in [4.78, 5) is 12.4. The lowest BCUT2D eigenvalue weighted by Crippen LogP contribution is -2.19. The first-order chi connectivity index (χ1) is 33.6. The summed E-state index contributed by atoms with van der Waals surface area (Å²) in [7, 11) is 0. The molecule has 348 valence electrons. The van der Waals surface area contributed by atoms with Crippen molar-refractivity contribution in [2.24, 2.45) is 0 Å². The Morgan fingerprint density at radius 1 is 0.457 bits per heavy atom. The van der Waals surface area contributed by atoms with Crippen molar-refractivity contribution in [3.63, 3.8) is 0 Å². The molecule has 0 amide bonds. The molecule has 10 aromatic rings. The van der Waals surface area contributed by atoms with Crippen molar-refractivity contribution in [3.05, 3.63) is 240 Å². The van der Waals surface area contributed by atoms with Crippen molar-refractivity contribution in [2.45, 2.75) is 84.5 Å². The molecule has 70 heavy (non-hydrogen) atoms. The predicted octanol–water partition coefficient (Wildman–Crippen LogP) is 17.6. The van der Waals surface area contributed by atoms with Crippen molar-refractivity contribution in [1.29, 1.82) is 0 Å². The molecule has 0 saturated carbocycles. The van der Waals surface area contributed by atoms with Gasteiger partial charge in [-0.1, -0.05) is 165 Å². The van der Waals surface area contributed by atoms with Gasteiger partial charge in [-0.2, -0.15) is 0 Å². The highest BCUT2D eigenvalue weighted by Crippen LogP contribution is 2.46.